The van der Waals surface area contributed by atoms with E-state index < -0.39 is 0 Å². The van der Waals surface area contributed by atoms with E-state index in [4.69, 9.17) is 5.73 Å². The maximum Gasteiger partial charge on any atom is 0.251 e. The minimum absolute atomic E-state index is 0.0804. The molecule has 0 aliphatic carbocycles. The van der Waals surface area contributed by atoms with E-state index in [1.54, 1.807) is 24.7 Å². The van der Waals surface area contributed by atoms with Crippen LogP contribution in [0.5, 0.6) is 0 Å². The lowest BCUT2D eigenvalue weighted by molar-refractivity contribution is 0.0952. The quantitative estimate of drug-likeness (QED) is 0.621. The zero-order chi connectivity index (χ0) is 15.2. The molecule has 0 bridgehead atoms. The summed E-state index contributed by atoms with van der Waals surface area (Å²) in [5.41, 5.74) is 7.93. The molecule has 2 aromatic rings. The molecule has 21 heavy (non-hydrogen) atoms. The molecule has 0 unspecified atom stereocenters. The number of unbranched alkanes of at least 4 members (excludes halogenated alkanes) is 1. The first-order valence-corrected chi connectivity index (χ1v) is 7.67. The van der Waals surface area contributed by atoms with Crippen molar-refractivity contribution in [2.45, 2.75) is 26.3 Å². The molecule has 0 aliphatic rings. The number of nitrogens with one attached hydrogen (secondary N) is 1. The molecule has 0 spiro atoms. The molecule has 0 saturated carbocycles. The van der Waals surface area contributed by atoms with Gasteiger partial charge in [0.05, 0.1) is 6.33 Å². The van der Waals surface area contributed by atoms with Crippen molar-refractivity contribution in [2.75, 3.05) is 12.3 Å². The van der Waals surface area contributed by atoms with Crippen LogP contribution in [0.25, 0.3) is 0 Å². The highest BCUT2D eigenvalue weighted by Gasteiger charge is 2.11. The van der Waals surface area contributed by atoms with Crippen molar-refractivity contribution >= 4 is 27.5 Å². The number of rotatable bonds is 6. The van der Waals surface area contributed by atoms with E-state index >= 15 is 0 Å². The summed E-state index contributed by atoms with van der Waals surface area (Å²) in [6.07, 6.45) is 7.42. The number of carbonyl (C=O) groups is 1. The number of nitrogen functional groups attached to an aromatic ring is 1. The third-order valence-electron chi connectivity index (χ3n) is 3.35. The Labute approximate surface area is 132 Å². The molecule has 1 aromatic heterocycles. The molecule has 2 rings (SSSR count). The SMILES string of the molecule is Cc1c(N)cc(Br)cc1C(=O)NCCCCn1ccnc1. The number of benzene rings is 1. The number of nitrogens with two attached hydrogens (primary N) is 1. The molecular formula is C15H19BrN4O. The summed E-state index contributed by atoms with van der Waals surface area (Å²) in [6, 6.07) is 3.60. The number of halogens is 1. The molecule has 0 fully saturated rings. The maximum absolute atomic E-state index is 12.2. The smallest absolute Gasteiger partial charge is 0.251 e. The van der Waals surface area contributed by atoms with Crippen LogP contribution in [0, 0.1) is 6.92 Å². The molecule has 5 nitrogen and oxygen atoms in total. The Kier molecular flexibility index (Phi) is 5.38. The summed E-state index contributed by atoms with van der Waals surface area (Å²) in [4.78, 5) is 16.2. The van der Waals surface area contributed by atoms with Crippen LogP contribution in [0.2, 0.25) is 0 Å². The molecule has 0 radical (unpaired) electrons. The van der Waals surface area contributed by atoms with Crippen molar-refractivity contribution in [2.24, 2.45) is 0 Å². The van der Waals surface area contributed by atoms with E-state index in [1.807, 2.05) is 17.7 Å². The molecular weight excluding hydrogens is 332 g/mol. The van der Waals surface area contributed by atoms with Crippen LogP contribution in [0.3, 0.4) is 0 Å². The van der Waals surface area contributed by atoms with Crippen LogP contribution in [0.1, 0.15) is 28.8 Å². The van der Waals surface area contributed by atoms with E-state index in [0.29, 0.717) is 17.8 Å². The topological polar surface area (TPSA) is 72.9 Å². The Bertz CT molecular complexity index is 610. The van der Waals surface area contributed by atoms with E-state index in [9.17, 15) is 4.79 Å². The molecule has 1 heterocycles. The first-order valence-electron chi connectivity index (χ1n) is 6.87. The summed E-state index contributed by atoms with van der Waals surface area (Å²) in [7, 11) is 0. The predicted octanol–water partition coefficient (Wildman–Crippen LogP) is 2.75. The lowest BCUT2D eigenvalue weighted by Gasteiger charge is -2.10. The Morgan fingerprint density at radius 1 is 1.43 bits per heavy atom. The third kappa shape index (κ3) is 4.32. The molecule has 0 saturated heterocycles. The number of aryl methyl sites for hydroxylation is 1. The number of carbonyl (C=O) groups excluding carboxylic acids is 1. The Morgan fingerprint density at radius 3 is 2.95 bits per heavy atom. The van der Waals surface area contributed by atoms with Crippen molar-refractivity contribution in [3.63, 3.8) is 0 Å². The molecule has 6 heteroatoms. The van der Waals surface area contributed by atoms with Crippen molar-refractivity contribution in [1.82, 2.24) is 14.9 Å². The van der Waals surface area contributed by atoms with E-state index in [-0.39, 0.29) is 5.91 Å². The fraction of sp³-hybridized carbons (Fsp3) is 0.333. The van der Waals surface area contributed by atoms with Gasteiger partial charge in [-0.3, -0.25) is 4.79 Å². The summed E-state index contributed by atoms with van der Waals surface area (Å²) < 4.78 is 2.84. The van der Waals surface area contributed by atoms with Gasteiger partial charge in [0.25, 0.3) is 5.91 Å². The van der Waals surface area contributed by atoms with Crippen LogP contribution in [0.4, 0.5) is 5.69 Å². The summed E-state index contributed by atoms with van der Waals surface area (Å²) in [5, 5.41) is 2.93. The zero-order valence-electron chi connectivity index (χ0n) is 12.0. The fourth-order valence-electron chi connectivity index (χ4n) is 2.07. The lowest BCUT2D eigenvalue weighted by Crippen LogP contribution is -2.25. The van der Waals surface area contributed by atoms with Gasteiger partial charge in [-0.25, -0.2) is 4.98 Å². The first-order chi connectivity index (χ1) is 10.1. The van der Waals surface area contributed by atoms with Gasteiger partial charge in [-0.15, -0.1) is 0 Å². The molecule has 3 N–H and O–H groups in total. The van der Waals surface area contributed by atoms with Gasteiger partial charge in [0.1, 0.15) is 0 Å². The summed E-state index contributed by atoms with van der Waals surface area (Å²) in [6.45, 7) is 3.42. The Hall–Kier alpha value is -1.82. The average molecular weight is 351 g/mol. The molecule has 1 amide bonds. The lowest BCUT2D eigenvalue weighted by atomic mass is 10.1. The standard InChI is InChI=1S/C15H19BrN4O/c1-11-13(8-12(16)9-14(11)17)15(21)19-4-2-3-6-20-7-5-18-10-20/h5,7-10H,2-4,6,17H2,1H3,(H,19,21). The highest BCUT2D eigenvalue weighted by molar-refractivity contribution is 9.10. The number of imidazole rings is 1. The second kappa shape index (κ2) is 7.26. The number of aromatic nitrogens is 2. The van der Waals surface area contributed by atoms with Crippen molar-refractivity contribution in [3.05, 3.63) is 46.5 Å². The van der Waals surface area contributed by atoms with Crippen molar-refractivity contribution < 1.29 is 4.79 Å². The number of amides is 1. The minimum Gasteiger partial charge on any atom is -0.398 e. The monoisotopic (exact) mass is 350 g/mol. The molecule has 112 valence electrons. The second-order valence-electron chi connectivity index (χ2n) is 4.93. The maximum atomic E-state index is 12.2. The van der Waals surface area contributed by atoms with Gasteiger partial charge in [0, 0.05) is 41.2 Å². The predicted molar refractivity (Wildman–Crippen MR) is 87.1 cm³/mol. The Balaban J connectivity index is 1.79. The van der Waals surface area contributed by atoms with Crippen LogP contribution >= 0.6 is 15.9 Å². The highest BCUT2D eigenvalue weighted by atomic mass is 79.9. The third-order valence-corrected chi connectivity index (χ3v) is 3.80. The zero-order valence-corrected chi connectivity index (χ0v) is 13.6. The van der Waals surface area contributed by atoms with Crippen LogP contribution in [-0.4, -0.2) is 22.0 Å². The van der Waals surface area contributed by atoms with Gasteiger partial charge in [0.15, 0.2) is 0 Å². The largest absolute Gasteiger partial charge is 0.398 e. The fourth-order valence-corrected chi connectivity index (χ4v) is 2.55. The van der Waals surface area contributed by atoms with E-state index in [2.05, 4.69) is 26.2 Å². The van der Waals surface area contributed by atoms with Gasteiger partial charge >= 0.3 is 0 Å². The van der Waals surface area contributed by atoms with Crippen LogP contribution in [-0.2, 0) is 6.54 Å². The number of anilines is 1. The van der Waals surface area contributed by atoms with Crippen molar-refractivity contribution in [3.8, 4) is 0 Å². The van der Waals surface area contributed by atoms with Gasteiger partial charge < -0.3 is 15.6 Å². The highest BCUT2D eigenvalue weighted by Crippen LogP contribution is 2.22. The average Bonchev–Trinajstić information content (AvgIpc) is 2.95. The van der Waals surface area contributed by atoms with Gasteiger partial charge in [-0.2, -0.15) is 0 Å². The molecule has 0 atom stereocenters. The second-order valence-corrected chi connectivity index (χ2v) is 5.85. The van der Waals surface area contributed by atoms with Gasteiger partial charge in [0.2, 0.25) is 0 Å². The van der Waals surface area contributed by atoms with E-state index in [1.165, 1.54) is 0 Å². The van der Waals surface area contributed by atoms with E-state index in [0.717, 1.165) is 29.4 Å². The van der Waals surface area contributed by atoms with Crippen LogP contribution in [0.15, 0.2) is 35.3 Å². The van der Waals surface area contributed by atoms with Crippen molar-refractivity contribution in [1.29, 1.82) is 0 Å². The molecule has 0 aliphatic heterocycles. The summed E-state index contributed by atoms with van der Waals surface area (Å²) >= 11 is 3.36. The number of hydrogen-bond acceptors (Lipinski definition) is 3. The minimum atomic E-state index is -0.0804. The van der Waals surface area contributed by atoms with Gasteiger partial charge in [-0.05, 0) is 37.5 Å². The normalized spacial score (nSPS) is 10.6. The number of nitrogens with zero attached hydrogens (tertiary/aromatic N) is 2. The Morgan fingerprint density at radius 2 is 2.24 bits per heavy atom. The first kappa shape index (κ1) is 15.6. The molecule has 1 aromatic carbocycles. The van der Waals surface area contributed by atoms with Crippen LogP contribution < -0.4 is 11.1 Å². The number of hydrogen-bond donors (Lipinski definition) is 2. The van der Waals surface area contributed by atoms with Gasteiger partial charge in [-0.1, -0.05) is 15.9 Å². The summed E-state index contributed by atoms with van der Waals surface area (Å²) in [5.74, 6) is -0.0804.